The van der Waals surface area contributed by atoms with Gasteiger partial charge in [0.15, 0.2) is 7.28 Å². The molecule has 97 valence electrons. The van der Waals surface area contributed by atoms with Gasteiger partial charge < -0.3 is 0 Å². The highest BCUT2D eigenvalue weighted by molar-refractivity contribution is 6.62. The summed E-state index contributed by atoms with van der Waals surface area (Å²) in [6, 6.07) is 25.7. The third-order valence-electron chi connectivity index (χ3n) is 3.96. The van der Waals surface area contributed by atoms with Gasteiger partial charge in [-0.3, -0.25) is 0 Å². The van der Waals surface area contributed by atoms with Crippen LogP contribution in [-0.2, 0) is 0 Å². The van der Waals surface area contributed by atoms with Gasteiger partial charge >= 0.3 is 0 Å². The summed E-state index contributed by atoms with van der Waals surface area (Å²) in [6.45, 7) is 0. The Balaban J connectivity index is 2.04. The Bertz CT molecular complexity index is 816. The molecule has 3 aromatic rings. The van der Waals surface area contributed by atoms with Gasteiger partial charge in [-0.2, -0.15) is 0 Å². The zero-order valence-corrected chi connectivity index (χ0v) is 11.7. The van der Waals surface area contributed by atoms with Crippen LogP contribution in [0.4, 0.5) is 0 Å². The van der Waals surface area contributed by atoms with Gasteiger partial charge in [0.2, 0.25) is 0 Å². The van der Waals surface area contributed by atoms with E-state index in [0.717, 1.165) is 0 Å². The lowest BCUT2D eigenvalue weighted by atomic mass is 9.67. The molecular weight excluding hydrogens is 251 g/mol. The molecule has 21 heavy (non-hydrogen) atoms. The molecule has 0 atom stereocenters. The fraction of sp³-hybridized carbons (Fsp3) is 0. The minimum Gasteiger partial charge on any atom is -0.116 e. The molecule has 0 aliphatic carbocycles. The van der Waals surface area contributed by atoms with E-state index in [0.29, 0.717) is 0 Å². The Kier molecular flexibility index (Phi) is 2.97. The quantitative estimate of drug-likeness (QED) is 0.574. The minimum atomic E-state index is 1.26. The molecule has 0 saturated heterocycles. The molecule has 0 spiro atoms. The molecule has 0 bridgehead atoms. The molecule has 4 rings (SSSR count). The third-order valence-corrected chi connectivity index (χ3v) is 3.96. The van der Waals surface area contributed by atoms with Gasteiger partial charge in [0.25, 0.3) is 0 Å². The molecule has 1 heteroatoms. The van der Waals surface area contributed by atoms with Crippen molar-refractivity contribution >= 4 is 18.8 Å². The van der Waals surface area contributed by atoms with Crippen molar-refractivity contribution in [3.63, 3.8) is 0 Å². The number of rotatable bonds is 1. The predicted molar refractivity (Wildman–Crippen MR) is 91.7 cm³/mol. The van der Waals surface area contributed by atoms with Crippen molar-refractivity contribution in [2.45, 2.75) is 0 Å². The Hall–Kier alpha value is -2.54. The first kappa shape index (κ1) is 12.2. The molecule has 0 unspecified atom stereocenters. The van der Waals surface area contributed by atoms with Gasteiger partial charge in [-0.1, -0.05) is 84.3 Å². The number of hydrogen-bond acceptors (Lipinski definition) is 0. The second-order valence-corrected chi connectivity index (χ2v) is 5.25. The monoisotopic (exact) mass is 265 g/mol. The Morgan fingerprint density at radius 1 is 0.619 bits per heavy atom. The fourth-order valence-corrected chi connectivity index (χ4v) is 2.99. The van der Waals surface area contributed by atoms with Crippen LogP contribution in [0.3, 0.4) is 0 Å². The van der Waals surface area contributed by atoms with Gasteiger partial charge in [0.05, 0.1) is 0 Å². The maximum atomic E-state index is 2.21. The zero-order valence-electron chi connectivity index (χ0n) is 11.7. The average molecular weight is 265 g/mol. The lowest BCUT2D eigenvalue weighted by Crippen LogP contribution is -2.15. The van der Waals surface area contributed by atoms with Crippen molar-refractivity contribution in [1.29, 1.82) is 0 Å². The highest BCUT2D eigenvalue weighted by atomic mass is 14.2. The van der Waals surface area contributed by atoms with Gasteiger partial charge in [-0.05, 0) is 27.8 Å². The lowest BCUT2D eigenvalue weighted by Gasteiger charge is -2.15. The Labute approximate surface area is 126 Å². The molecule has 1 aliphatic heterocycles. The first-order chi connectivity index (χ1) is 10.4. The standard InChI is InChI=1S/C20H14B/c1-2-7-15(8-3-1)18-11-6-12-19-20(18)17-10-5-4-9-16(17)13-14-21-19/h1-14H. The molecule has 1 aliphatic rings. The number of fused-ring (bicyclic) bond motifs is 3. The van der Waals surface area contributed by atoms with E-state index in [1.165, 1.54) is 33.3 Å². The second-order valence-electron chi connectivity index (χ2n) is 5.25. The van der Waals surface area contributed by atoms with Crippen LogP contribution in [0.5, 0.6) is 0 Å². The van der Waals surface area contributed by atoms with E-state index in [2.05, 4.69) is 92.1 Å². The minimum absolute atomic E-state index is 1.26. The summed E-state index contributed by atoms with van der Waals surface area (Å²) >= 11 is 0. The molecule has 0 amide bonds. The molecule has 0 nitrogen and oxygen atoms in total. The maximum absolute atomic E-state index is 2.21. The van der Waals surface area contributed by atoms with Crippen molar-refractivity contribution in [3.8, 4) is 22.3 Å². The van der Waals surface area contributed by atoms with E-state index in [9.17, 15) is 0 Å². The normalized spacial score (nSPS) is 12.0. The largest absolute Gasteiger partial charge is 0.182 e. The van der Waals surface area contributed by atoms with Gasteiger partial charge in [0, 0.05) is 0 Å². The topological polar surface area (TPSA) is 0 Å². The molecular formula is C20H14B. The van der Waals surface area contributed by atoms with Crippen molar-refractivity contribution in [2.75, 3.05) is 0 Å². The zero-order chi connectivity index (χ0) is 14.1. The van der Waals surface area contributed by atoms with Crippen molar-refractivity contribution in [3.05, 3.63) is 84.3 Å². The molecule has 1 heterocycles. The summed E-state index contributed by atoms with van der Waals surface area (Å²) in [4.78, 5) is 0. The van der Waals surface area contributed by atoms with Crippen LogP contribution < -0.4 is 5.46 Å². The second kappa shape index (κ2) is 5.10. The molecule has 0 N–H and O–H groups in total. The lowest BCUT2D eigenvalue weighted by molar-refractivity contribution is 1.59. The fourth-order valence-electron chi connectivity index (χ4n) is 2.99. The van der Waals surface area contributed by atoms with Crippen LogP contribution >= 0.6 is 0 Å². The maximum Gasteiger partial charge on any atom is 0.182 e. The summed E-state index contributed by atoms with van der Waals surface area (Å²) in [5.41, 5.74) is 7.73. The smallest absolute Gasteiger partial charge is 0.116 e. The Morgan fingerprint density at radius 3 is 2.29 bits per heavy atom. The molecule has 0 aromatic heterocycles. The summed E-state index contributed by atoms with van der Waals surface area (Å²) in [5, 5.41) is 0. The highest BCUT2D eigenvalue weighted by Crippen LogP contribution is 2.34. The summed E-state index contributed by atoms with van der Waals surface area (Å²) < 4.78 is 0. The van der Waals surface area contributed by atoms with Crippen molar-refractivity contribution < 1.29 is 0 Å². The predicted octanol–water partition coefficient (Wildman–Crippen LogP) is 4.33. The summed E-state index contributed by atoms with van der Waals surface area (Å²) in [7, 11) is 2.20. The van der Waals surface area contributed by atoms with Crippen LogP contribution in [-0.4, -0.2) is 7.28 Å². The highest BCUT2D eigenvalue weighted by Gasteiger charge is 2.15. The van der Waals surface area contributed by atoms with Crippen LogP contribution in [0, 0.1) is 0 Å². The summed E-state index contributed by atoms with van der Waals surface area (Å²) in [6.07, 6.45) is 2.18. The van der Waals surface area contributed by atoms with Crippen LogP contribution in [0.2, 0.25) is 0 Å². The van der Waals surface area contributed by atoms with E-state index in [-0.39, 0.29) is 0 Å². The first-order valence-corrected chi connectivity index (χ1v) is 7.23. The average Bonchev–Trinajstić information content (AvgIpc) is 2.75. The van der Waals surface area contributed by atoms with Crippen molar-refractivity contribution in [2.24, 2.45) is 0 Å². The van der Waals surface area contributed by atoms with E-state index in [1.807, 2.05) is 0 Å². The molecule has 0 saturated carbocycles. The van der Waals surface area contributed by atoms with E-state index < -0.39 is 0 Å². The van der Waals surface area contributed by atoms with Gasteiger partial charge in [-0.25, -0.2) is 0 Å². The van der Waals surface area contributed by atoms with E-state index >= 15 is 0 Å². The van der Waals surface area contributed by atoms with Crippen LogP contribution in [0.1, 0.15) is 5.56 Å². The molecule has 1 radical (unpaired) electrons. The SMILES string of the molecule is [B]1C=Cc2ccccc2-c2c1cccc2-c1ccccc1. The van der Waals surface area contributed by atoms with Gasteiger partial charge in [0.1, 0.15) is 0 Å². The van der Waals surface area contributed by atoms with E-state index in [1.54, 1.807) is 0 Å². The number of benzene rings is 3. The third kappa shape index (κ3) is 2.11. The molecule has 3 aromatic carbocycles. The molecule has 0 fully saturated rings. The van der Waals surface area contributed by atoms with E-state index in [4.69, 9.17) is 0 Å². The summed E-state index contributed by atoms with van der Waals surface area (Å²) in [5.74, 6) is 2.14. The number of hydrogen-bond donors (Lipinski definition) is 0. The van der Waals surface area contributed by atoms with Gasteiger partial charge in [-0.15, -0.1) is 5.98 Å². The first-order valence-electron chi connectivity index (χ1n) is 7.23. The van der Waals surface area contributed by atoms with Crippen molar-refractivity contribution in [1.82, 2.24) is 0 Å². The van der Waals surface area contributed by atoms with Crippen LogP contribution in [0.25, 0.3) is 28.3 Å². The van der Waals surface area contributed by atoms with Crippen LogP contribution in [0.15, 0.2) is 78.8 Å². The Morgan fingerprint density at radius 2 is 1.38 bits per heavy atom.